The number of furan rings is 1. The van der Waals surface area contributed by atoms with Gasteiger partial charge in [0.05, 0.1) is 6.26 Å². The highest BCUT2D eigenvalue weighted by molar-refractivity contribution is 7.13. The van der Waals surface area contributed by atoms with Gasteiger partial charge in [-0.05, 0) is 19.1 Å². The van der Waals surface area contributed by atoms with E-state index in [4.69, 9.17) is 4.42 Å². The Hall–Kier alpha value is -1.89. The molecule has 7 heteroatoms. The van der Waals surface area contributed by atoms with E-state index in [2.05, 4.69) is 20.8 Å². The average molecular weight is 252 g/mol. The van der Waals surface area contributed by atoms with Crippen molar-refractivity contribution >= 4 is 22.5 Å². The van der Waals surface area contributed by atoms with E-state index in [0.29, 0.717) is 11.6 Å². The molecular weight excluding hydrogens is 240 g/mol. The molecule has 0 spiro atoms. The first-order chi connectivity index (χ1) is 8.24. The molecule has 2 N–H and O–H groups in total. The fourth-order valence-electron chi connectivity index (χ4n) is 1.37. The van der Waals surface area contributed by atoms with Crippen molar-refractivity contribution in [1.82, 2.24) is 15.5 Å². The van der Waals surface area contributed by atoms with Crippen molar-refractivity contribution in [3.8, 4) is 0 Å². The largest absolute Gasteiger partial charge is 0.469 e. The van der Waals surface area contributed by atoms with Crippen LogP contribution in [0.5, 0.6) is 0 Å². The van der Waals surface area contributed by atoms with Gasteiger partial charge in [0.1, 0.15) is 11.3 Å². The number of aromatic nitrogens is 2. The Morgan fingerprint density at radius 1 is 1.65 bits per heavy atom. The van der Waals surface area contributed by atoms with Crippen LogP contribution in [0.4, 0.5) is 9.93 Å². The maximum atomic E-state index is 11.5. The van der Waals surface area contributed by atoms with Crippen LogP contribution in [-0.2, 0) is 6.42 Å². The Kier molecular flexibility index (Phi) is 3.71. The van der Waals surface area contributed by atoms with E-state index >= 15 is 0 Å². The fourth-order valence-corrected chi connectivity index (χ4v) is 1.81. The van der Waals surface area contributed by atoms with Crippen LogP contribution >= 0.6 is 11.3 Å². The Bertz CT molecular complexity index is 455. The molecule has 2 aromatic rings. The number of rotatable bonds is 4. The minimum Gasteiger partial charge on any atom is -0.469 e. The number of nitrogens with one attached hydrogen (secondary N) is 2. The Balaban J connectivity index is 1.78. The van der Waals surface area contributed by atoms with E-state index in [-0.39, 0.29) is 12.1 Å². The summed E-state index contributed by atoms with van der Waals surface area (Å²) in [7, 11) is 0. The summed E-state index contributed by atoms with van der Waals surface area (Å²) in [6, 6.07) is 3.39. The topological polar surface area (TPSA) is 80.0 Å². The molecule has 0 fully saturated rings. The van der Waals surface area contributed by atoms with Gasteiger partial charge in [-0.1, -0.05) is 11.3 Å². The quantitative estimate of drug-likeness (QED) is 0.870. The average Bonchev–Trinajstić information content (AvgIpc) is 2.90. The summed E-state index contributed by atoms with van der Waals surface area (Å²) in [6.45, 7) is 1.90. The van der Waals surface area contributed by atoms with E-state index in [9.17, 15) is 4.79 Å². The van der Waals surface area contributed by atoms with E-state index in [0.717, 1.165) is 5.76 Å². The molecule has 0 aliphatic carbocycles. The first kappa shape index (κ1) is 11.6. The molecule has 0 aliphatic rings. The van der Waals surface area contributed by atoms with Crippen LogP contribution in [0.25, 0.3) is 0 Å². The van der Waals surface area contributed by atoms with Crippen LogP contribution < -0.4 is 10.6 Å². The SMILES string of the molecule is C[C@H](Cc1ccco1)NC(=O)Nc1nncs1. The molecule has 2 aromatic heterocycles. The highest BCUT2D eigenvalue weighted by Crippen LogP contribution is 2.08. The maximum Gasteiger partial charge on any atom is 0.321 e. The molecule has 0 saturated heterocycles. The molecule has 0 radical (unpaired) electrons. The van der Waals surface area contributed by atoms with Crippen LogP contribution in [0.3, 0.4) is 0 Å². The second-order valence-corrected chi connectivity index (χ2v) is 4.36. The maximum absolute atomic E-state index is 11.5. The number of anilines is 1. The summed E-state index contributed by atoms with van der Waals surface area (Å²) in [4.78, 5) is 11.5. The third-order valence-electron chi connectivity index (χ3n) is 2.05. The first-order valence-electron chi connectivity index (χ1n) is 5.10. The van der Waals surface area contributed by atoms with Gasteiger partial charge >= 0.3 is 6.03 Å². The van der Waals surface area contributed by atoms with Crippen molar-refractivity contribution in [1.29, 1.82) is 0 Å². The zero-order valence-electron chi connectivity index (χ0n) is 9.21. The van der Waals surface area contributed by atoms with Crippen LogP contribution in [0, 0.1) is 0 Å². The molecule has 6 nitrogen and oxygen atoms in total. The number of amides is 2. The van der Waals surface area contributed by atoms with E-state index in [1.54, 1.807) is 11.8 Å². The van der Waals surface area contributed by atoms with E-state index < -0.39 is 0 Å². The third-order valence-corrected chi connectivity index (χ3v) is 2.65. The Morgan fingerprint density at radius 2 is 2.53 bits per heavy atom. The zero-order valence-corrected chi connectivity index (χ0v) is 10.0. The molecular formula is C10H12N4O2S. The molecule has 90 valence electrons. The molecule has 0 saturated carbocycles. The van der Waals surface area contributed by atoms with Gasteiger partial charge in [0, 0.05) is 12.5 Å². The van der Waals surface area contributed by atoms with Crippen molar-refractivity contribution in [2.24, 2.45) is 0 Å². The second-order valence-electron chi connectivity index (χ2n) is 3.53. The number of nitrogens with zero attached hydrogens (tertiary/aromatic N) is 2. The van der Waals surface area contributed by atoms with E-state index in [1.807, 2.05) is 19.1 Å². The zero-order chi connectivity index (χ0) is 12.1. The molecule has 2 heterocycles. The van der Waals surface area contributed by atoms with Gasteiger partial charge in [0.25, 0.3) is 0 Å². The molecule has 0 unspecified atom stereocenters. The van der Waals surface area contributed by atoms with Crippen LogP contribution in [0.1, 0.15) is 12.7 Å². The summed E-state index contributed by atoms with van der Waals surface area (Å²) in [5.74, 6) is 0.841. The minimum atomic E-state index is -0.291. The van der Waals surface area contributed by atoms with Gasteiger partial charge in [-0.3, -0.25) is 5.32 Å². The molecule has 0 bridgehead atoms. The molecule has 0 aliphatic heterocycles. The standard InChI is InChI=1S/C10H12N4O2S/c1-7(5-8-3-2-4-16-8)12-9(15)13-10-14-11-6-17-10/h2-4,6-7H,5H2,1H3,(H2,12,13,14,15)/t7-/m1/s1. The molecule has 17 heavy (non-hydrogen) atoms. The molecule has 1 atom stereocenters. The second kappa shape index (κ2) is 5.44. The highest BCUT2D eigenvalue weighted by Gasteiger charge is 2.10. The lowest BCUT2D eigenvalue weighted by Gasteiger charge is -2.12. The van der Waals surface area contributed by atoms with Crippen LogP contribution in [0.15, 0.2) is 28.3 Å². The number of hydrogen-bond acceptors (Lipinski definition) is 5. The fraction of sp³-hybridized carbons (Fsp3) is 0.300. The lowest BCUT2D eigenvalue weighted by atomic mass is 10.2. The van der Waals surface area contributed by atoms with Crippen LogP contribution in [-0.4, -0.2) is 22.3 Å². The van der Waals surface area contributed by atoms with Gasteiger partial charge in [-0.2, -0.15) is 0 Å². The van der Waals surface area contributed by atoms with Crippen molar-refractivity contribution in [2.45, 2.75) is 19.4 Å². The Labute approximate surface area is 102 Å². The lowest BCUT2D eigenvalue weighted by Crippen LogP contribution is -2.37. The number of hydrogen-bond donors (Lipinski definition) is 2. The monoisotopic (exact) mass is 252 g/mol. The summed E-state index contributed by atoms with van der Waals surface area (Å²) < 4.78 is 5.20. The first-order valence-corrected chi connectivity index (χ1v) is 5.98. The summed E-state index contributed by atoms with van der Waals surface area (Å²) in [5, 5.41) is 13.2. The van der Waals surface area contributed by atoms with Gasteiger partial charge < -0.3 is 9.73 Å². The normalized spacial score (nSPS) is 12.1. The summed E-state index contributed by atoms with van der Waals surface area (Å²) in [6.07, 6.45) is 2.26. The predicted octanol–water partition coefficient (Wildman–Crippen LogP) is 1.88. The van der Waals surface area contributed by atoms with Gasteiger partial charge in [0.15, 0.2) is 0 Å². The van der Waals surface area contributed by atoms with Crippen molar-refractivity contribution in [2.75, 3.05) is 5.32 Å². The van der Waals surface area contributed by atoms with Gasteiger partial charge in [-0.15, -0.1) is 10.2 Å². The molecule has 2 amide bonds. The van der Waals surface area contributed by atoms with Gasteiger partial charge in [0.2, 0.25) is 5.13 Å². The van der Waals surface area contributed by atoms with Crippen LogP contribution in [0.2, 0.25) is 0 Å². The van der Waals surface area contributed by atoms with Crippen molar-refractivity contribution in [3.63, 3.8) is 0 Å². The summed E-state index contributed by atoms with van der Waals surface area (Å²) >= 11 is 1.27. The summed E-state index contributed by atoms with van der Waals surface area (Å²) in [5.41, 5.74) is 1.56. The third kappa shape index (κ3) is 3.56. The minimum absolute atomic E-state index is 0.0194. The van der Waals surface area contributed by atoms with E-state index in [1.165, 1.54) is 11.3 Å². The van der Waals surface area contributed by atoms with Crippen molar-refractivity contribution < 1.29 is 9.21 Å². The molecule has 0 aromatic carbocycles. The molecule has 2 rings (SSSR count). The number of carbonyl (C=O) groups excluding carboxylic acids is 1. The highest BCUT2D eigenvalue weighted by atomic mass is 32.1. The predicted molar refractivity (Wildman–Crippen MR) is 63.9 cm³/mol. The van der Waals surface area contributed by atoms with Gasteiger partial charge in [-0.25, -0.2) is 4.79 Å². The Morgan fingerprint density at radius 3 is 3.18 bits per heavy atom. The number of urea groups is 1. The smallest absolute Gasteiger partial charge is 0.321 e. The van der Waals surface area contributed by atoms with Crippen molar-refractivity contribution in [3.05, 3.63) is 29.7 Å². The lowest BCUT2D eigenvalue weighted by molar-refractivity contribution is 0.248. The number of carbonyl (C=O) groups is 1.